The topological polar surface area (TPSA) is 57.1 Å². The maximum Gasteiger partial charge on any atom is 0.360 e. The number of nitrogens with zero attached hydrogens (tertiary/aromatic N) is 1. The minimum Gasteiger partial charge on any atom is -0.489 e. The average molecular weight is 313 g/mol. The van der Waals surface area contributed by atoms with E-state index < -0.39 is 5.97 Å². The normalized spacial score (nSPS) is 11.0. The minimum atomic E-state index is -0.546. The summed E-state index contributed by atoms with van der Waals surface area (Å²) in [6.45, 7) is 2.45. The van der Waals surface area contributed by atoms with Crippen LogP contribution in [0.15, 0.2) is 53.7 Å². The molecule has 0 unspecified atom stereocenters. The van der Waals surface area contributed by atoms with Gasteiger partial charge in [-0.1, -0.05) is 47.6 Å². The Morgan fingerprint density at radius 1 is 1.04 bits per heavy atom. The van der Waals surface area contributed by atoms with Gasteiger partial charge in [-0.3, -0.25) is 0 Å². The van der Waals surface area contributed by atoms with Crippen LogP contribution >= 0.6 is 0 Å². The Labute approximate surface area is 135 Å². The highest BCUT2D eigenvalue weighted by molar-refractivity contribution is 6.43. The zero-order valence-corrected chi connectivity index (χ0v) is 13.4. The molecule has 0 heterocycles. The van der Waals surface area contributed by atoms with E-state index in [0.29, 0.717) is 12.2 Å². The Hall–Kier alpha value is -2.82. The first kappa shape index (κ1) is 16.5. The molecule has 2 aromatic rings. The summed E-state index contributed by atoms with van der Waals surface area (Å²) in [5.74, 6) is 0.309. The Balaban J connectivity index is 2.08. The molecule has 5 heteroatoms. The van der Waals surface area contributed by atoms with Crippen molar-refractivity contribution >= 4 is 11.7 Å². The van der Waals surface area contributed by atoms with E-state index in [2.05, 4.69) is 5.16 Å². The van der Waals surface area contributed by atoms with Gasteiger partial charge in [0.25, 0.3) is 0 Å². The van der Waals surface area contributed by atoms with E-state index in [9.17, 15) is 4.79 Å². The molecule has 0 amide bonds. The van der Waals surface area contributed by atoms with Crippen molar-refractivity contribution in [3.05, 3.63) is 65.2 Å². The third-order valence-corrected chi connectivity index (χ3v) is 3.28. The summed E-state index contributed by atoms with van der Waals surface area (Å²) in [7, 11) is 2.69. The smallest absolute Gasteiger partial charge is 0.360 e. The minimum absolute atomic E-state index is 0.126. The predicted octanol–water partition coefficient (Wildman–Crippen LogP) is 3.10. The summed E-state index contributed by atoms with van der Waals surface area (Å²) in [4.78, 5) is 16.4. The van der Waals surface area contributed by atoms with Gasteiger partial charge >= 0.3 is 5.97 Å². The van der Waals surface area contributed by atoms with Gasteiger partial charge in [0.1, 0.15) is 19.5 Å². The van der Waals surface area contributed by atoms with Crippen molar-refractivity contribution in [3.63, 3.8) is 0 Å². The van der Waals surface area contributed by atoms with Gasteiger partial charge in [0.15, 0.2) is 5.71 Å². The predicted molar refractivity (Wildman–Crippen MR) is 87.5 cm³/mol. The maximum absolute atomic E-state index is 11.7. The molecule has 0 atom stereocenters. The van der Waals surface area contributed by atoms with Gasteiger partial charge in [-0.2, -0.15) is 0 Å². The van der Waals surface area contributed by atoms with Crippen LogP contribution in [0.3, 0.4) is 0 Å². The number of rotatable bonds is 6. The molecule has 0 aliphatic heterocycles. The lowest BCUT2D eigenvalue weighted by Gasteiger charge is -2.09. The van der Waals surface area contributed by atoms with Crippen LogP contribution in [0, 0.1) is 6.92 Å². The van der Waals surface area contributed by atoms with E-state index in [1.807, 2.05) is 43.3 Å². The van der Waals surface area contributed by atoms with Crippen LogP contribution in [-0.2, 0) is 21.0 Å². The second-order valence-electron chi connectivity index (χ2n) is 4.87. The van der Waals surface area contributed by atoms with Crippen molar-refractivity contribution in [1.82, 2.24) is 0 Å². The van der Waals surface area contributed by atoms with E-state index in [1.54, 1.807) is 12.1 Å². The van der Waals surface area contributed by atoms with E-state index in [4.69, 9.17) is 14.3 Å². The second-order valence-corrected chi connectivity index (χ2v) is 4.87. The SMILES string of the molecule is CO/N=C(/C(=O)OC)c1ccc(COc2ccccc2C)cc1. The zero-order valence-electron chi connectivity index (χ0n) is 13.4. The van der Waals surface area contributed by atoms with Crippen LogP contribution in [0.2, 0.25) is 0 Å². The molecule has 2 rings (SSSR count). The van der Waals surface area contributed by atoms with Crippen molar-refractivity contribution in [2.75, 3.05) is 14.2 Å². The third kappa shape index (κ3) is 4.32. The van der Waals surface area contributed by atoms with Crippen molar-refractivity contribution in [2.24, 2.45) is 5.16 Å². The molecule has 0 aromatic heterocycles. The number of oxime groups is 1. The number of hydrogen-bond acceptors (Lipinski definition) is 5. The summed E-state index contributed by atoms with van der Waals surface area (Å²) < 4.78 is 10.5. The van der Waals surface area contributed by atoms with E-state index in [1.165, 1.54) is 14.2 Å². The maximum atomic E-state index is 11.7. The fourth-order valence-electron chi connectivity index (χ4n) is 2.03. The highest BCUT2D eigenvalue weighted by atomic mass is 16.6. The zero-order chi connectivity index (χ0) is 16.7. The molecule has 120 valence electrons. The lowest BCUT2D eigenvalue weighted by molar-refractivity contribution is -0.132. The van der Waals surface area contributed by atoms with Crippen molar-refractivity contribution in [2.45, 2.75) is 13.5 Å². The molecule has 2 aromatic carbocycles. The average Bonchev–Trinajstić information content (AvgIpc) is 2.59. The Kier molecular flexibility index (Phi) is 5.74. The fourth-order valence-corrected chi connectivity index (χ4v) is 2.03. The molecule has 0 saturated carbocycles. The van der Waals surface area contributed by atoms with Gasteiger partial charge in [-0.25, -0.2) is 4.79 Å². The quantitative estimate of drug-likeness (QED) is 0.467. The van der Waals surface area contributed by atoms with Crippen molar-refractivity contribution < 1.29 is 19.1 Å². The molecule has 23 heavy (non-hydrogen) atoms. The number of benzene rings is 2. The molecule has 0 fully saturated rings. The van der Waals surface area contributed by atoms with E-state index >= 15 is 0 Å². The van der Waals surface area contributed by atoms with Crippen molar-refractivity contribution in [3.8, 4) is 5.75 Å². The molecular formula is C18H19NO4. The number of carbonyl (C=O) groups is 1. The number of ether oxygens (including phenoxy) is 2. The summed E-state index contributed by atoms with van der Waals surface area (Å²) in [6.07, 6.45) is 0. The molecule has 0 saturated heterocycles. The highest BCUT2D eigenvalue weighted by Crippen LogP contribution is 2.18. The number of aryl methyl sites for hydroxylation is 1. The molecule has 0 aliphatic rings. The molecule has 0 bridgehead atoms. The number of hydrogen-bond donors (Lipinski definition) is 0. The molecule has 0 aliphatic carbocycles. The van der Waals surface area contributed by atoms with Gasteiger partial charge in [0, 0.05) is 5.56 Å². The van der Waals surface area contributed by atoms with Gasteiger partial charge in [0.2, 0.25) is 0 Å². The van der Waals surface area contributed by atoms with E-state index in [0.717, 1.165) is 16.9 Å². The van der Waals surface area contributed by atoms with Crippen LogP contribution < -0.4 is 4.74 Å². The number of carbonyl (C=O) groups excluding carboxylic acids is 1. The van der Waals surface area contributed by atoms with Gasteiger partial charge in [-0.15, -0.1) is 0 Å². The molecular weight excluding hydrogens is 294 g/mol. The highest BCUT2D eigenvalue weighted by Gasteiger charge is 2.15. The third-order valence-electron chi connectivity index (χ3n) is 3.28. The van der Waals surface area contributed by atoms with Gasteiger partial charge in [-0.05, 0) is 24.1 Å². The largest absolute Gasteiger partial charge is 0.489 e. The summed E-state index contributed by atoms with van der Waals surface area (Å²) in [6, 6.07) is 15.2. The first-order valence-electron chi connectivity index (χ1n) is 7.13. The van der Waals surface area contributed by atoms with Gasteiger partial charge in [0.05, 0.1) is 7.11 Å². The first-order chi connectivity index (χ1) is 11.2. The van der Waals surface area contributed by atoms with Gasteiger partial charge < -0.3 is 14.3 Å². The summed E-state index contributed by atoms with van der Waals surface area (Å²) >= 11 is 0. The number of esters is 1. The molecule has 0 spiro atoms. The molecule has 0 N–H and O–H groups in total. The van der Waals surface area contributed by atoms with Crippen LogP contribution in [0.5, 0.6) is 5.75 Å². The Morgan fingerprint density at radius 2 is 1.74 bits per heavy atom. The van der Waals surface area contributed by atoms with Crippen LogP contribution in [0.4, 0.5) is 0 Å². The standard InChI is InChI=1S/C18H19NO4/c1-13-6-4-5-7-16(13)23-12-14-8-10-15(11-9-14)17(19-22-3)18(20)21-2/h4-11H,12H2,1-3H3/b19-17+. The van der Waals surface area contributed by atoms with Crippen LogP contribution in [-0.4, -0.2) is 25.9 Å². The number of methoxy groups -OCH3 is 1. The van der Waals surface area contributed by atoms with E-state index in [-0.39, 0.29) is 5.71 Å². The van der Waals surface area contributed by atoms with Crippen LogP contribution in [0.1, 0.15) is 16.7 Å². The van der Waals surface area contributed by atoms with Crippen LogP contribution in [0.25, 0.3) is 0 Å². The Morgan fingerprint density at radius 3 is 2.35 bits per heavy atom. The summed E-state index contributed by atoms with van der Waals surface area (Å²) in [5, 5.41) is 3.71. The fraction of sp³-hybridized carbons (Fsp3) is 0.222. The lowest BCUT2D eigenvalue weighted by atomic mass is 10.1. The summed E-state index contributed by atoms with van der Waals surface area (Å²) in [5.41, 5.74) is 2.82. The number of para-hydroxylation sites is 1. The first-order valence-corrected chi connectivity index (χ1v) is 7.13. The molecule has 5 nitrogen and oxygen atoms in total. The van der Waals surface area contributed by atoms with Crippen molar-refractivity contribution in [1.29, 1.82) is 0 Å². The Bertz CT molecular complexity index is 692. The monoisotopic (exact) mass is 313 g/mol. The second kappa shape index (κ2) is 7.98. The lowest BCUT2D eigenvalue weighted by Crippen LogP contribution is -2.17. The molecule has 0 radical (unpaired) electrons.